The van der Waals surface area contributed by atoms with Crippen molar-refractivity contribution in [1.29, 1.82) is 0 Å². The summed E-state index contributed by atoms with van der Waals surface area (Å²) in [6.07, 6.45) is 0. The lowest BCUT2D eigenvalue weighted by atomic mass is 10.0. The van der Waals surface area contributed by atoms with E-state index in [2.05, 4.69) is 15.3 Å². The normalized spacial score (nSPS) is 10.9. The number of aryl methyl sites for hydroxylation is 1. The number of H-pyrrole nitrogens is 2. The Kier molecular flexibility index (Phi) is 6.70. The molecule has 0 atom stereocenters. The maximum absolute atomic E-state index is 13.1. The highest BCUT2D eigenvalue weighted by atomic mass is 16.5. The summed E-state index contributed by atoms with van der Waals surface area (Å²) < 4.78 is 10.6. The van der Waals surface area contributed by atoms with Crippen LogP contribution in [-0.2, 0) is 6.54 Å². The number of methoxy groups -OCH3 is 2. The van der Waals surface area contributed by atoms with Gasteiger partial charge in [-0.05, 0) is 55.3 Å². The summed E-state index contributed by atoms with van der Waals surface area (Å²) in [5, 5.41) is 2.96. The van der Waals surface area contributed by atoms with Crippen LogP contribution >= 0.6 is 0 Å². The second kappa shape index (κ2) is 10.3. The van der Waals surface area contributed by atoms with Crippen LogP contribution in [0.1, 0.15) is 43.2 Å². The van der Waals surface area contributed by atoms with Gasteiger partial charge in [-0.3, -0.25) is 9.59 Å². The number of ether oxygens (including phenoxy) is 2. The van der Waals surface area contributed by atoms with Gasteiger partial charge in [-0.15, -0.1) is 0 Å². The van der Waals surface area contributed by atoms with Gasteiger partial charge in [0.15, 0.2) is 17.3 Å². The van der Waals surface area contributed by atoms with Crippen LogP contribution in [-0.4, -0.2) is 40.9 Å². The largest absolute Gasteiger partial charge is 0.493 e. The molecule has 3 aromatic carbocycles. The molecular formula is C30H28N4O4. The molecule has 3 N–H and O–H groups in total. The Bertz CT molecular complexity index is 1650. The van der Waals surface area contributed by atoms with Crippen LogP contribution in [0, 0.1) is 13.8 Å². The van der Waals surface area contributed by atoms with Crippen molar-refractivity contribution in [3.8, 4) is 22.9 Å². The fourth-order valence-corrected chi connectivity index (χ4v) is 4.62. The van der Waals surface area contributed by atoms with Crippen LogP contribution in [0.25, 0.3) is 22.4 Å². The van der Waals surface area contributed by atoms with Gasteiger partial charge in [-0.25, -0.2) is 4.98 Å². The molecule has 1 amide bonds. The summed E-state index contributed by atoms with van der Waals surface area (Å²) >= 11 is 0. The standard InChI is InChI=1S/C30H28N4O4/c1-17-26(18(2)32-27(17)30(36)31-16-19-10-13-24(37-3)25(14-19)38-4)29-33-22-12-11-21(15-23(22)34-29)28(35)20-8-6-5-7-9-20/h5-15,32H,16H2,1-4H3,(H,31,36)(H,33,34). The third-order valence-electron chi connectivity index (χ3n) is 6.58. The molecule has 2 heterocycles. The molecule has 0 radical (unpaired) electrons. The number of carbonyl (C=O) groups is 2. The number of ketones is 1. The van der Waals surface area contributed by atoms with Gasteiger partial charge in [0.1, 0.15) is 11.5 Å². The van der Waals surface area contributed by atoms with E-state index >= 15 is 0 Å². The van der Waals surface area contributed by atoms with Crippen molar-refractivity contribution in [2.45, 2.75) is 20.4 Å². The number of hydrogen-bond donors (Lipinski definition) is 3. The zero-order chi connectivity index (χ0) is 26.8. The SMILES string of the molecule is COc1ccc(CNC(=O)c2[nH]c(C)c(-c3nc4cc(C(=O)c5ccccc5)ccc4[nH]3)c2C)cc1OC. The Labute approximate surface area is 220 Å². The highest BCUT2D eigenvalue weighted by molar-refractivity contribution is 6.10. The van der Waals surface area contributed by atoms with E-state index in [1.807, 2.05) is 56.3 Å². The quantitative estimate of drug-likeness (QED) is 0.245. The molecule has 0 aliphatic rings. The summed E-state index contributed by atoms with van der Waals surface area (Å²) in [6, 6.07) is 20.1. The molecule has 0 aliphatic carbocycles. The Balaban J connectivity index is 1.38. The molecule has 0 spiro atoms. The second-order valence-corrected chi connectivity index (χ2v) is 9.01. The molecule has 0 saturated heterocycles. The van der Waals surface area contributed by atoms with Crippen LogP contribution in [0.5, 0.6) is 11.5 Å². The van der Waals surface area contributed by atoms with Crippen molar-refractivity contribution in [1.82, 2.24) is 20.3 Å². The fraction of sp³-hybridized carbons (Fsp3) is 0.167. The molecule has 0 bridgehead atoms. The van der Waals surface area contributed by atoms with E-state index in [4.69, 9.17) is 14.5 Å². The van der Waals surface area contributed by atoms with Gasteiger partial charge in [0.25, 0.3) is 5.91 Å². The summed E-state index contributed by atoms with van der Waals surface area (Å²) in [4.78, 5) is 37.3. The van der Waals surface area contributed by atoms with Gasteiger partial charge in [-0.2, -0.15) is 0 Å². The lowest BCUT2D eigenvalue weighted by Gasteiger charge is -2.10. The summed E-state index contributed by atoms with van der Waals surface area (Å²) in [5.41, 5.74) is 6.47. The van der Waals surface area contributed by atoms with E-state index in [1.165, 1.54) is 0 Å². The Morgan fingerprint density at radius 2 is 1.63 bits per heavy atom. The minimum absolute atomic E-state index is 0.0560. The van der Waals surface area contributed by atoms with Gasteiger partial charge >= 0.3 is 0 Å². The minimum atomic E-state index is -0.224. The molecular weight excluding hydrogens is 480 g/mol. The number of hydrogen-bond acceptors (Lipinski definition) is 5. The van der Waals surface area contributed by atoms with Crippen molar-refractivity contribution < 1.29 is 19.1 Å². The first-order valence-corrected chi connectivity index (χ1v) is 12.2. The number of benzene rings is 3. The van der Waals surface area contributed by atoms with E-state index < -0.39 is 0 Å². The van der Waals surface area contributed by atoms with Crippen molar-refractivity contribution in [3.63, 3.8) is 0 Å². The van der Waals surface area contributed by atoms with Gasteiger partial charge in [0, 0.05) is 28.9 Å². The zero-order valence-corrected chi connectivity index (χ0v) is 21.6. The lowest BCUT2D eigenvalue weighted by Crippen LogP contribution is -2.24. The average molecular weight is 509 g/mol. The summed E-state index contributed by atoms with van der Waals surface area (Å²) in [7, 11) is 3.16. The van der Waals surface area contributed by atoms with E-state index in [0.717, 1.165) is 27.9 Å². The van der Waals surface area contributed by atoms with Crippen LogP contribution < -0.4 is 14.8 Å². The molecule has 8 nitrogen and oxygen atoms in total. The van der Waals surface area contributed by atoms with Crippen molar-refractivity contribution in [3.05, 3.63) is 100 Å². The summed E-state index contributed by atoms with van der Waals surface area (Å²) in [6.45, 7) is 4.13. The predicted molar refractivity (Wildman–Crippen MR) is 146 cm³/mol. The number of aromatic nitrogens is 3. The van der Waals surface area contributed by atoms with Crippen LogP contribution in [0.3, 0.4) is 0 Å². The van der Waals surface area contributed by atoms with Crippen LogP contribution in [0.15, 0.2) is 66.7 Å². The summed E-state index contributed by atoms with van der Waals surface area (Å²) in [5.74, 6) is 1.59. The molecule has 5 rings (SSSR count). The number of aromatic amines is 2. The number of carbonyl (C=O) groups excluding carboxylic acids is 2. The number of amides is 1. The smallest absolute Gasteiger partial charge is 0.268 e. The van der Waals surface area contributed by atoms with Crippen molar-refractivity contribution in [2.75, 3.05) is 14.2 Å². The first-order chi connectivity index (χ1) is 18.4. The van der Waals surface area contributed by atoms with Crippen LogP contribution in [0.2, 0.25) is 0 Å². The van der Waals surface area contributed by atoms with Gasteiger partial charge in [0.2, 0.25) is 0 Å². The highest BCUT2D eigenvalue weighted by Crippen LogP contribution is 2.30. The second-order valence-electron chi connectivity index (χ2n) is 9.01. The lowest BCUT2D eigenvalue weighted by molar-refractivity contribution is 0.0945. The van der Waals surface area contributed by atoms with Crippen molar-refractivity contribution >= 4 is 22.7 Å². The number of imidazole rings is 1. The van der Waals surface area contributed by atoms with Gasteiger partial charge in [-0.1, -0.05) is 36.4 Å². The van der Waals surface area contributed by atoms with E-state index in [0.29, 0.717) is 46.2 Å². The third-order valence-corrected chi connectivity index (χ3v) is 6.58. The maximum atomic E-state index is 13.1. The molecule has 8 heteroatoms. The molecule has 0 aliphatic heterocycles. The van der Waals surface area contributed by atoms with E-state index in [1.54, 1.807) is 38.5 Å². The first-order valence-electron chi connectivity index (χ1n) is 12.2. The average Bonchev–Trinajstić information content (AvgIpc) is 3.50. The van der Waals surface area contributed by atoms with Gasteiger partial charge < -0.3 is 24.8 Å². The molecule has 0 fully saturated rings. The molecule has 0 saturated carbocycles. The van der Waals surface area contributed by atoms with E-state index in [-0.39, 0.29) is 11.7 Å². The molecule has 0 unspecified atom stereocenters. The number of nitrogens with zero attached hydrogens (tertiary/aromatic N) is 1. The van der Waals surface area contributed by atoms with Gasteiger partial charge in [0.05, 0.1) is 25.3 Å². The number of nitrogens with one attached hydrogen (secondary N) is 3. The maximum Gasteiger partial charge on any atom is 0.268 e. The molecule has 5 aromatic rings. The zero-order valence-electron chi connectivity index (χ0n) is 21.6. The Morgan fingerprint density at radius 1 is 0.868 bits per heavy atom. The van der Waals surface area contributed by atoms with Crippen molar-refractivity contribution in [2.24, 2.45) is 0 Å². The third kappa shape index (κ3) is 4.64. The first kappa shape index (κ1) is 24.8. The Morgan fingerprint density at radius 3 is 2.37 bits per heavy atom. The molecule has 2 aromatic heterocycles. The number of rotatable bonds is 8. The van der Waals surface area contributed by atoms with Crippen LogP contribution in [0.4, 0.5) is 0 Å². The Hall–Kier alpha value is -4.85. The fourth-order valence-electron chi connectivity index (χ4n) is 4.62. The molecule has 192 valence electrons. The number of fused-ring (bicyclic) bond motifs is 1. The highest BCUT2D eigenvalue weighted by Gasteiger charge is 2.21. The topological polar surface area (TPSA) is 109 Å². The monoisotopic (exact) mass is 508 g/mol. The van der Waals surface area contributed by atoms with E-state index in [9.17, 15) is 9.59 Å². The molecule has 38 heavy (non-hydrogen) atoms. The minimum Gasteiger partial charge on any atom is -0.493 e. The predicted octanol–water partition coefficient (Wildman–Crippen LogP) is 5.35.